The maximum atomic E-state index is 13.0. The molecule has 1 atom stereocenters. The van der Waals surface area contributed by atoms with Crippen molar-refractivity contribution in [1.82, 2.24) is 15.1 Å². The summed E-state index contributed by atoms with van der Waals surface area (Å²) in [6, 6.07) is 14.3. The number of amides is 1. The molecule has 0 bridgehead atoms. The molecule has 3 aromatic rings. The molecule has 0 aliphatic carbocycles. The van der Waals surface area contributed by atoms with Gasteiger partial charge in [0.2, 0.25) is 0 Å². The van der Waals surface area contributed by atoms with Crippen molar-refractivity contribution in [2.45, 2.75) is 12.5 Å². The molecule has 0 fully saturated rings. The van der Waals surface area contributed by atoms with Gasteiger partial charge in [-0.3, -0.25) is 4.79 Å². The van der Waals surface area contributed by atoms with Crippen LogP contribution in [0.2, 0.25) is 0 Å². The average Bonchev–Trinajstić information content (AvgIpc) is 3.15. The van der Waals surface area contributed by atoms with Crippen LogP contribution in [-0.4, -0.2) is 27.3 Å². The smallest absolute Gasteiger partial charge is 0.251 e. The summed E-state index contributed by atoms with van der Waals surface area (Å²) < 4.78 is 14.7. The maximum absolute atomic E-state index is 13.0. The Morgan fingerprint density at radius 3 is 2.48 bits per heavy atom. The normalized spacial score (nSPS) is 13.2. The zero-order chi connectivity index (χ0) is 17.9. The van der Waals surface area contributed by atoms with Crippen LogP contribution in [0.15, 0.2) is 67.0 Å². The van der Waals surface area contributed by atoms with E-state index >= 15 is 0 Å². The number of aromatic nitrogens is 2. The Morgan fingerprint density at radius 1 is 1.20 bits per heavy atom. The van der Waals surface area contributed by atoms with E-state index in [-0.39, 0.29) is 18.3 Å². The van der Waals surface area contributed by atoms with E-state index in [1.807, 2.05) is 12.3 Å². The molecule has 6 heteroatoms. The molecule has 1 unspecified atom stereocenters. The van der Waals surface area contributed by atoms with Crippen LogP contribution in [0.3, 0.4) is 0 Å². The zero-order valence-electron chi connectivity index (χ0n) is 13.7. The van der Waals surface area contributed by atoms with Gasteiger partial charge in [-0.2, -0.15) is 5.10 Å². The van der Waals surface area contributed by atoms with Gasteiger partial charge in [-0.1, -0.05) is 12.1 Å². The second-order valence-electron chi connectivity index (χ2n) is 5.96. The summed E-state index contributed by atoms with van der Waals surface area (Å²) in [5, 5.41) is 17.3. The number of carbonyl (C=O) groups is 1. The summed E-state index contributed by atoms with van der Waals surface area (Å²) in [5.41, 5.74) is 0.562. The molecule has 0 radical (unpaired) electrons. The van der Waals surface area contributed by atoms with Crippen molar-refractivity contribution in [3.8, 4) is 5.69 Å². The Kier molecular flexibility index (Phi) is 4.63. The highest BCUT2D eigenvalue weighted by atomic mass is 19.1. The third-order valence-electron chi connectivity index (χ3n) is 3.96. The van der Waals surface area contributed by atoms with Gasteiger partial charge >= 0.3 is 0 Å². The average molecular weight is 339 g/mol. The van der Waals surface area contributed by atoms with Crippen molar-refractivity contribution in [3.05, 3.63) is 83.9 Å². The number of hydrogen-bond acceptors (Lipinski definition) is 3. The SMILES string of the molecule is CC(O)(CNC(=O)c1ccc(-n2cccn2)cc1)c1ccc(F)cc1. The number of aliphatic hydroxyl groups is 1. The van der Waals surface area contributed by atoms with Crippen molar-refractivity contribution < 1.29 is 14.3 Å². The molecular weight excluding hydrogens is 321 g/mol. The molecule has 0 aliphatic rings. The fourth-order valence-corrected chi connectivity index (χ4v) is 2.45. The van der Waals surface area contributed by atoms with Gasteiger partial charge in [0.1, 0.15) is 11.4 Å². The summed E-state index contributed by atoms with van der Waals surface area (Å²) in [6.45, 7) is 1.58. The van der Waals surface area contributed by atoms with Gasteiger partial charge in [0.25, 0.3) is 5.91 Å². The molecule has 1 amide bonds. The Morgan fingerprint density at radius 2 is 1.88 bits per heavy atom. The van der Waals surface area contributed by atoms with Crippen molar-refractivity contribution in [2.24, 2.45) is 0 Å². The molecule has 2 N–H and O–H groups in total. The van der Waals surface area contributed by atoms with Crippen LogP contribution in [0.1, 0.15) is 22.8 Å². The minimum Gasteiger partial charge on any atom is -0.384 e. The third kappa shape index (κ3) is 3.92. The van der Waals surface area contributed by atoms with E-state index in [1.54, 1.807) is 42.1 Å². The first kappa shape index (κ1) is 16.9. The Hall–Kier alpha value is -2.99. The lowest BCUT2D eigenvalue weighted by Crippen LogP contribution is -2.38. The lowest BCUT2D eigenvalue weighted by Gasteiger charge is -2.24. The van der Waals surface area contributed by atoms with Crippen molar-refractivity contribution >= 4 is 5.91 Å². The zero-order valence-corrected chi connectivity index (χ0v) is 13.7. The third-order valence-corrected chi connectivity index (χ3v) is 3.96. The van der Waals surface area contributed by atoms with E-state index in [2.05, 4.69) is 10.4 Å². The lowest BCUT2D eigenvalue weighted by molar-refractivity contribution is 0.0526. The first-order valence-electron chi connectivity index (χ1n) is 7.82. The fourth-order valence-electron chi connectivity index (χ4n) is 2.45. The Bertz CT molecular complexity index is 841. The van der Waals surface area contributed by atoms with E-state index < -0.39 is 5.60 Å². The number of carbonyl (C=O) groups excluding carboxylic acids is 1. The topological polar surface area (TPSA) is 67.2 Å². The van der Waals surface area contributed by atoms with E-state index in [1.165, 1.54) is 24.3 Å². The quantitative estimate of drug-likeness (QED) is 0.751. The standard InChI is InChI=1S/C19H18FN3O2/c1-19(25,15-5-7-16(20)8-6-15)13-21-18(24)14-3-9-17(10-4-14)23-12-2-11-22-23/h2-12,25H,13H2,1H3,(H,21,24). The highest BCUT2D eigenvalue weighted by molar-refractivity contribution is 5.94. The second-order valence-corrected chi connectivity index (χ2v) is 5.96. The molecule has 1 heterocycles. The molecule has 1 aromatic heterocycles. The van der Waals surface area contributed by atoms with Crippen molar-refractivity contribution in [2.75, 3.05) is 6.54 Å². The molecule has 3 rings (SSSR count). The fraction of sp³-hybridized carbons (Fsp3) is 0.158. The molecule has 128 valence electrons. The minimum absolute atomic E-state index is 0.0123. The first-order valence-corrected chi connectivity index (χ1v) is 7.82. The van der Waals surface area contributed by atoms with Gasteiger partial charge in [0.15, 0.2) is 0 Å². The molecule has 2 aromatic carbocycles. The Balaban J connectivity index is 1.65. The first-order chi connectivity index (χ1) is 12.0. The van der Waals surface area contributed by atoms with Crippen molar-refractivity contribution in [1.29, 1.82) is 0 Å². The van der Waals surface area contributed by atoms with Crippen molar-refractivity contribution in [3.63, 3.8) is 0 Å². The molecular formula is C19H18FN3O2. The maximum Gasteiger partial charge on any atom is 0.251 e. The van der Waals surface area contributed by atoms with Gasteiger partial charge in [0.05, 0.1) is 12.2 Å². The number of hydrogen-bond donors (Lipinski definition) is 2. The summed E-state index contributed by atoms with van der Waals surface area (Å²) >= 11 is 0. The van der Waals surface area contributed by atoms with Gasteiger partial charge in [-0.25, -0.2) is 9.07 Å². The number of nitrogens with zero attached hydrogens (tertiary/aromatic N) is 2. The summed E-state index contributed by atoms with van der Waals surface area (Å²) in [6.07, 6.45) is 3.49. The van der Waals surface area contributed by atoms with Gasteiger partial charge in [0, 0.05) is 18.0 Å². The van der Waals surface area contributed by atoms with Crippen LogP contribution in [-0.2, 0) is 5.60 Å². The molecule has 0 spiro atoms. The molecule has 25 heavy (non-hydrogen) atoms. The van der Waals surface area contributed by atoms with E-state index in [9.17, 15) is 14.3 Å². The van der Waals surface area contributed by atoms with Gasteiger partial charge < -0.3 is 10.4 Å². The number of benzene rings is 2. The monoisotopic (exact) mass is 339 g/mol. The highest BCUT2D eigenvalue weighted by Crippen LogP contribution is 2.20. The van der Waals surface area contributed by atoms with Crippen LogP contribution >= 0.6 is 0 Å². The van der Waals surface area contributed by atoms with Crippen LogP contribution in [0.4, 0.5) is 4.39 Å². The van der Waals surface area contributed by atoms with Gasteiger partial charge in [-0.15, -0.1) is 0 Å². The van der Waals surface area contributed by atoms with Crippen LogP contribution in [0, 0.1) is 5.82 Å². The molecule has 0 aliphatic heterocycles. The predicted molar refractivity (Wildman–Crippen MR) is 91.9 cm³/mol. The van der Waals surface area contributed by atoms with Crippen LogP contribution in [0.5, 0.6) is 0 Å². The second kappa shape index (κ2) is 6.86. The summed E-state index contributed by atoms with van der Waals surface area (Å²) in [4.78, 5) is 12.3. The predicted octanol–water partition coefficient (Wildman–Crippen LogP) is 2.65. The Labute approximate surface area is 144 Å². The van der Waals surface area contributed by atoms with E-state index in [4.69, 9.17) is 0 Å². The minimum atomic E-state index is -1.29. The summed E-state index contributed by atoms with van der Waals surface area (Å²) in [5.74, 6) is -0.671. The number of nitrogens with one attached hydrogen (secondary N) is 1. The molecule has 5 nitrogen and oxygen atoms in total. The van der Waals surface area contributed by atoms with E-state index in [0.29, 0.717) is 11.1 Å². The molecule has 0 saturated carbocycles. The lowest BCUT2D eigenvalue weighted by atomic mass is 9.96. The van der Waals surface area contributed by atoms with Crippen LogP contribution < -0.4 is 5.32 Å². The largest absolute Gasteiger partial charge is 0.384 e. The van der Waals surface area contributed by atoms with E-state index in [0.717, 1.165) is 5.69 Å². The summed E-state index contributed by atoms with van der Waals surface area (Å²) in [7, 11) is 0. The molecule has 0 saturated heterocycles. The van der Waals surface area contributed by atoms with Crippen LogP contribution in [0.25, 0.3) is 5.69 Å². The van der Waals surface area contributed by atoms with Gasteiger partial charge in [-0.05, 0) is 55.0 Å². The highest BCUT2D eigenvalue weighted by Gasteiger charge is 2.24. The number of halogens is 1. The number of rotatable bonds is 5.